The van der Waals surface area contributed by atoms with E-state index in [2.05, 4.69) is 20.5 Å². The van der Waals surface area contributed by atoms with Crippen LogP contribution in [0.2, 0.25) is 0 Å². The molecule has 2 aliphatic rings. The number of nitrogens with two attached hydrogens (primary N) is 1. The van der Waals surface area contributed by atoms with Gasteiger partial charge in [0.05, 0.1) is 12.1 Å². The molecule has 3 atom stereocenters. The first-order valence-corrected chi connectivity index (χ1v) is 12.6. The van der Waals surface area contributed by atoms with E-state index in [1.165, 1.54) is 46.2 Å². The highest BCUT2D eigenvalue weighted by atomic mass is 32.2. The van der Waals surface area contributed by atoms with Crippen LogP contribution in [0.4, 0.5) is 5.13 Å². The molecule has 2 amide bonds. The van der Waals surface area contributed by atoms with Gasteiger partial charge in [-0.25, -0.2) is 4.98 Å². The number of aliphatic carboxylic acids is 1. The number of anilines is 1. The second-order valence-electron chi connectivity index (χ2n) is 7.03. The second kappa shape index (κ2) is 8.32. The first-order chi connectivity index (χ1) is 14.3. The van der Waals surface area contributed by atoms with E-state index in [-0.39, 0.29) is 30.2 Å². The van der Waals surface area contributed by atoms with Crippen LogP contribution in [0, 0.1) is 12.3 Å². The molecular weight excluding hydrogens is 468 g/mol. The number of carboxylic acid groups (broad SMARTS) is 1. The highest BCUT2D eigenvalue weighted by Crippen LogP contribution is 2.44. The van der Waals surface area contributed by atoms with Crippen LogP contribution < -0.4 is 11.1 Å². The number of carbonyl (C=O) groups is 3. The van der Waals surface area contributed by atoms with Crippen LogP contribution in [0.1, 0.15) is 10.7 Å². The fourth-order valence-corrected chi connectivity index (χ4v) is 7.47. The fraction of sp³-hybridized carbons (Fsp3) is 0.500. The predicted molar refractivity (Wildman–Crippen MR) is 116 cm³/mol. The van der Waals surface area contributed by atoms with E-state index in [0.29, 0.717) is 26.7 Å². The molecule has 0 radical (unpaired) electrons. The van der Waals surface area contributed by atoms with Crippen LogP contribution in [-0.2, 0) is 20.8 Å². The average Bonchev–Trinajstić information content (AvgIpc) is 3.31. The number of nitrogens with zero attached hydrogens (tertiary/aromatic N) is 4. The van der Waals surface area contributed by atoms with Gasteiger partial charge in [0.25, 0.3) is 0 Å². The number of β-lactam (4-membered cyclic amide) rings is 1. The number of nitrogens with one attached hydrogen (secondary N) is 1. The number of hydrogen-bond acceptors (Lipinski definition) is 11. The summed E-state index contributed by atoms with van der Waals surface area (Å²) in [6.45, 7) is 1.95. The Morgan fingerprint density at radius 3 is 2.90 bits per heavy atom. The lowest BCUT2D eigenvalue weighted by molar-refractivity contribution is -0.157. The topological polar surface area (TPSA) is 151 Å². The van der Waals surface area contributed by atoms with Crippen molar-refractivity contribution in [1.29, 1.82) is 0 Å². The molecule has 2 unspecified atom stereocenters. The SMILES string of the molecule is Cc1nnc(SCC2(C(=O)O)CS[C@@H]3C(NC(=O)Cc4csc(N)n4)C(=O)N3C2)s1. The van der Waals surface area contributed by atoms with Crippen molar-refractivity contribution < 1.29 is 19.5 Å². The molecule has 0 aliphatic carbocycles. The maximum atomic E-state index is 12.6. The Kier molecular flexibility index (Phi) is 5.92. The van der Waals surface area contributed by atoms with E-state index in [9.17, 15) is 19.5 Å². The van der Waals surface area contributed by atoms with E-state index in [1.54, 1.807) is 10.3 Å². The van der Waals surface area contributed by atoms with Crippen LogP contribution >= 0.6 is 46.2 Å². The molecule has 0 bridgehead atoms. The lowest BCUT2D eigenvalue weighted by Gasteiger charge is -2.53. The summed E-state index contributed by atoms with van der Waals surface area (Å²) in [4.78, 5) is 42.5. The molecule has 0 aromatic carbocycles. The monoisotopic (exact) mass is 486 g/mol. The first-order valence-electron chi connectivity index (χ1n) is 8.85. The first kappa shape index (κ1) is 21.3. The molecule has 2 fully saturated rings. The summed E-state index contributed by atoms with van der Waals surface area (Å²) >= 11 is 5.39. The molecule has 2 aromatic heterocycles. The third-order valence-electron chi connectivity index (χ3n) is 4.81. The molecular formula is C16H18N6O4S4. The molecule has 30 heavy (non-hydrogen) atoms. The van der Waals surface area contributed by atoms with Gasteiger partial charge in [0.15, 0.2) is 9.47 Å². The number of nitrogen functional groups attached to an aromatic ring is 1. The van der Waals surface area contributed by atoms with Crippen LogP contribution in [0.3, 0.4) is 0 Å². The summed E-state index contributed by atoms with van der Waals surface area (Å²) in [6, 6.07) is -0.649. The van der Waals surface area contributed by atoms with Gasteiger partial charge in [-0.1, -0.05) is 23.1 Å². The van der Waals surface area contributed by atoms with Crippen molar-refractivity contribution in [2.24, 2.45) is 5.41 Å². The molecule has 0 saturated carbocycles. The summed E-state index contributed by atoms with van der Waals surface area (Å²) in [7, 11) is 0. The number of thiazole rings is 1. The Morgan fingerprint density at radius 1 is 1.47 bits per heavy atom. The Morgan fingerprint density at radius 2 is 2.27 bits per heavy atom. The molecule has 2 saturated heterocycles. The van der Waals surface area contributed by atoms with E-state index < -0.39 is 17.4 Å². The van der Waals surface area contributed by atoms with Crippen LogP contribution in [0.25, 0.3) is 0 Å². The molecule has 0 spiro atoms. The van der Waals surface area contributed by atoms with Gasteiger partial charge < -0.3 is 21.1 Å². The van der Waals surface area contributed by atoms with Gasteiger partial charge in [-0.15, -0.1) is 33.3 Å². The van der Waals surface area contributed by atoms with Crippen molar-refractivity contribution in [3.05, 3.63) is 16.1 Å². The van der Waals surface area contributed by atoms with E-state index >= 15 is 0 Å². The standard InChI is InChI=1S/C16H18N6O4S4/c1-7-20-21-15(30-7)29-6-16(13(25)26)4-22-11(24)10(12(22)28-5-16)19-9(23)2-8-3-27-14(17)18-8/h3,10,12H,2,4-6H2,1H3,(H2,17,18)(H,19,23)(H,25,26)/t10?,12-,16?/m1/s1. The number of carbonyl (C=O) groups excluding carboxylic acids is 2. The van der Waals surface area contributed by atoms with Crippen molar-refractivity contribution in [2.75, 3.05) is 23.8 Å². The number of rotatable bonds is 7. The minimum absolute atomic E-state index is 0.0475. The zero-order valence-electron chi connectivity index (χ0n) is 15.7. The van der Waals surface area contributed by atoms with Gasteiger partial charge in [-0.05, 0) is 6.92 Å². The summed E-state index contributed by atoms with van der Waals surface area (Å²) in [6.07, 6.45) is 0.0475. The van der Waals surface area contributed by atoms with Crippen molar-refractivity contribution in [3.63, 3.8) is 0 Å². The van der Waals surface area contributed by atoms with Crippen LogP contribution in [0.5, 0.6) is 0 Å². The van der Waals surface area contributed by atoms with Crippen molar-refractivity contribution in [3.8, 4) is 0 Å². The molecule has 2 aromatic rings. The maximum Gasteiger partial charge on any atom is 0.313 e. The van der Waals surface area contributed by atoms with E-state index in [4.69, 9.17) is 5.73 Å². The van der Waals surface area contributed by atoms with Crippen LogP contribution in [-0.4, -0.2) is 72.4 Å². The smallest absolute Gasteiger partial charge is 0.313 e. The number of aromatic nitrogens is 3. The zero-order valence-corrected chi connectivity index (χ0v) is 19.0. The Bertz CT molecular complexity index is 996. The van der Waals surface area contributed by atoms with Crippen molar-refractivity contribution in [1.82, 2.24) is 25.4 Å². The quantitative estimate of drug-likeness (QED) is 0.376. The lowest BCUT2D eigenvalue weighted by Crippen LogP contribution is -2.74. The van der Waals surface area contributed by atoms with E-state index in [0.717, 1.165) is 5.01 Å². The summed E-state index contributed by atoms with van der Waals surface area (Å²) < 4.78 is 0.711. The molecule has 4 rings (SSSR count). The molecule has 160 valence electrons. The summed E-state index contributed by atoms with van der Waals surface area (Å²) in [5, 5.41) is 23.2. The average molecular weight is 487 g/mol. The molecule has 10 nitrogen and oxygen atoms in total. The van der Waals surface area contributed by atoms with Gasteiger partial charge in [0.2, 0.25) is 11.8 Å². The fourth-order valence-electron chi connectivity index (χ4n) is 3.24. The number of aryl methyl sites for hydroxylation is 1. The third-order valence-corrected chi connectivity index (χ3v) is 9.38. The molecule has 14 heteroatoms. The Balaban J connectivity index is 1.36. The number of amides is 2. The third kappa shape index (κ3) is 4.13. The summed E-state index contributed by atoms with van der Waals surface area (Å²) in [5.41, 5.74) is 5.05. The van der Waals surface area contributed by atoms with Crippen molar-refractivity contribution >= 4 is 69.1 Å². The normalized spacial score (nSPS) is 25.5. The van der Waals surface area contributed by atoms with Gasteiger partial charge in [0.1, 0.15) is 21.8 Å². The van der Waals surface area contributed by atoms with Gasteiger partial charge in [-0.3, -0.25) is 14.4 Å². The number of carboxylic acids is 1. The van der Waals surface area contributed by atoms with Gasteiger partial charge in [-0.2, -0.15) is 0 Å². The highest BCUT2D eigenvalue weighted by Gasteiger charge is 2.57. The number of hydrogen-bond donors (Lipinski definition) is 3. The second-order valence-corrected chi connectivity index (χ2v) is 11.4. The lowest BCUT2D eigenvalue weighted by atomic mass is 9.89. The van der Waals surface area contributed by atoms with Crippen LogP contribution in [0.15, 0.2) is 9.72 Å². The maximum absolute atomic E-state index is 12.6. The van der Waals surface area contributed by atoms with Gasteiger partial charge >= 0.3 is 5.97 Å². The van der Waals surface area contributed by atoms with Gasteiger partial charge in [0, 0.05) is 23.4 Å². The highest BCUT2D eigenvalue weighted by molar-refractivity contribution is 8.01. The minimum atomic E-state index is -1.08. The largest absolute Gasteiger partial charge is 0.481 e. The molecule has 4 N–H and O–H groups in total. The van der Waals surface area contributed by atoms with E-state index in [1.807, 2.05) is 6.92 Å². The Labute approximate surface area is 188 Å². The zero-order chi connectivity index (χ0) is 21.5. The molecule has 2 aliphatic heterocycles. The minimum Gasteiger partial charge on any atom is -0.481 e. The predicted octanol–water partition coefficient (Wildman–Crippen LogP) is 0.691. The molecule has 4 heterocycles. The Hall–Kier alpha value is -1.90. The number of thioether (sulfide) groups is 2. The number of fused-ring (bicyclic) bond motifs is 1. The van der Waals surface area contributed by atoms with Crippen molar-refractivity contribution in [2.45, 2.75) is 29.1 Å². The summed E-state index contributed by atoms with van der Waals surface area (Å²) in [5.74, 6) is -0.875.